The number of aryl methyl sites for hydroxylation is 1. The largest absolute Gasteiger partial charge is 0.490 e. The maximum absolute atomic E-state index is 10.7. The number of carbonyl (C=O) groups excluding carboxylic acids is 1. The highest BCUT2D eigenvalue weighted by molar-refractivity contribution is 5.80. The number of aldehydes is 1. The predicted octanol–water partition coefficient (Wildman–Crippen LogP) is 1.74. The summed E-state index contributed by atoms with van der Waals surface area (Å²) in [5.74, 6) is 0.671. The second-order valence-corrected chi connectivity index (χ2v) is 3.24. The summed E-state index contributed by atoms with van der Waals surface area (Å²) in [7, 11) is 0. The van der Waals surface area contributed by atoms with Gasteiger partial charge in [-0.25, -0.2) is 0 Å². The quantitative estimate of drug-likeness (QED) is 0.660. The van der Waals surface area contributed by atoms with Crippen molar-refractivity contribution in [2.75, 3.05) is 0 Å². The van der Waals surface area contributed by atoms with Gasteiger partial charge in [0.2, 0.25) is 0 Å². The van der Waals surface area contributed by atoms with Crippen molar-refractivity contribution in [3.8, 4) is 5.75 Å². The molecule has 3 nitrogen and oxygen atoms in total. The van der Waals surface area contributed by atoms with Crippen molar-refractivity contribution in [2.24, 2.45) is 0 Å². The van der Waals surface area contributed by atoms with E-state index in [0.717, 1.165) is 24.8 Å². The second kappa shape index (κ2) is 3.17. The Morgan fingerprint density at radius 1 is 1.62 bits per heavy atom. The van der Waals surface area contributed by atoms with Crippen molar-refractivity contribution in [3.05, 3.63) is 23.5 Å². The van der Waals surface area contributed by atoms with Gasteiger partial charge in [0.25, 0.3) is 0 Å². The van der Waals surface area contributed by atoms with E-state index in [1.807, 2.05) is 6.92 Å². The lowest BCUT2D eigenvalue weighted by molar-refractivity contribution is 0.111. The third-order valence-electron chi connectivity index (χ3n) is 2.09. The van der Waals surface area contributed by atoms with Crippen molar-refractivity contribution in [1.82, 2.24) is 4.98 Å². The van der Waals surface area contributed by atoms with Crippen molar-refractivity contribution in [2.45, 2.75) is 25.9 Å². The van der Waals surface area contributed by atoms with Crippen LogP contribution in [0.5, 0.6) is 5.75 Å². The summed E-state index contributed by atoms with van der Waals surface area (Å²) in [5.41, 5.74) is 1.31. The maximum Gasteiger partial charge on any atom is 0.155 e. The van der Waals surface area contributed by atoms with Crippen LogP contribution in [0.3, 0.4) is 0 Å². The first-order valence-electron chi connectivity index (χ1n) is 4.38. The summed E-state index contributed by atoms with van der Waals surface area (Å²) in [6, 6.07) is 1.75. The molecule has 0 atom stereocenters. The van der Waals surface area contributed by atoms with E-state index in [2.05, 4.69) is 4.98 Å². The molecule has 1 aliphatic carbocycles. The van der Waals surface area contributed by atoms with Crippen LogP contribution in [0, 0.1) is 6.92 Å². The summed E-state index contributed by atoms with van der Waals surface area (Å²) < 4.78 is 5.56. The normalized spacial score (nSPS) is 15.5. The molecule has 0 radical (unpaired) electrons. The minimum Gasteiger partial charge on any atom is -0.490 e. The van der Waals surface area contributed by atoms with Gasteiger partial charge in [-0.15, -0.1) is 0 Å². The molecular weight excluding hydrogens is 166 g/mol. The van der Waals surface area contributed by atoms with Crippen LogP contribution in [0.2, 0.25) is 0 Å². The molecule has 2 rings (SSSR count). The van der Waals surface area contributed by atoms with Crippen LogP contribution in [0.25, 0.3) is 0 Å². The molecule has 0 spiro atoms. The van der Waals surface area contributed by atoms with E-state index < -0.39 is 0 Å². The van der Waals surface area contributed by atoms with E-state index in [-0.39, 0.29) is 0 Å². The number of aromatic nitrogens is 1. The van der Waals surface area contributed by atoms with Gasteiger partial charge < -0.3 is 4.74 Å². The Morgan fingerprint density at radius 2 is 2.38 bits per heavy atom. The average molecular weight is 177 g/mol. The molecule has 0 bridgehead atoms. The third kappa shape index (κ3) is 1.69. The summed E-state index contributed by atoms with van der Waals surface area (Å²) in [6.45, 7) is 1.81. The summed E-state index contributed by atoms with van der Waals surface area (Å²) in [4.78, 5) is 14.8. The Hall–Kier alpha value is -1.38. The lowest BCUT2D eigenvalue weighted by Gasteiger charge is -2.07. The minimum absolute atomic E-state index is 0.320. The SMILES string of the molecule is Cc1nccc(OC2CC2)c1C=O. The number of ether oxygens (including phenoxy) is 1. The van der Waals surface area contributed by atoms with Crippen LogP contribution in [-0.2, 0) is 0 Å². The standard InChI is InChI=1S/C10H11NO2/c1-7-9(6-12)10(4-5-11-7)13-8-2-3-8/h4-6,8H,2-3H2,1H3. The molecule has 13 heavy (non-hydrogen) atoms. The molecule has 0 saturated heterocycles. The Morgan fingerprint density at radius 3 is 3.00 bits per heavy atom. The van der Waals surface area contributed by atoms with Crippen LogP contribution < -0.4 is 4.74 Å². The van der Waals surface area contributed by atoms with Gasteiger partial charge in [0.05, 0.1) is 17.4 Å². The smallest absolute Gasteiger partial charge is 0.155 e. The zero-order valence-electron chi connectivity index (χ0n) is 7.49. The molecule has 1 heterocycles. The van der Waals surface area contributed by atoms with Gasteiger partial charge in [0.15, 0.2) is 6.29 Å². The molecule has 1 aromatic rings. The van der Waals surface area contributed by atoms with Crippen LogP contribution in [0.1, 0.15) is 28.9 Å². The Kier molecular flexibility index (Phi) is 2.00. The lowest BCUT2D eigenvalue weighted by atomic mass is 10.2. The van der Waals surface area contributed by atoms with Gasteiger partial charge in [-0.1, -0.05) is 0 Å². The van der Waals surface area contributed by atoms with Crippen molar-refractivity contribution < 1.29 is 9.53 Å². The Bertz CT molecular complexity index is 332. The van der Waals surface area contributed by atoms with E-state index in [1.54, 1.807) is 12.3 Å². The number of pyridine rings is 1. The van der Waals surface area contributed by atoms with E-state index >= 15 is 0 Å². The van der Waals surface area contributed by atoms with Gasteiger partial charge in [-0.05, 0) is 25.8 Å². The number of carbonyl (C=O) groups is 1. The third-order valence-corrected chi connectivity index (χ3v) is 2.09. The summed E-state index contributed by atoms with van der Waals surface area (Å²) in [5, 5.41) is 0. The van der Waals surface area contributed by atoms with Crippen LogP contribution in [0.4, 0.5) is 0 Å². The number of hydrogen-bond acceptors (Lipinski definition) is 3. The van der Waals surface area contributed by atoms with E-state index in [4.69, 9.17) is 4.74 Å². The fraction of sp³-hybridized carbons (Fsp3) is 0.400. The summed E-state index contributed by atoms with van der Waals surface area (Å²) in [6.07, 6.45) is 4.99. The molecule has 0 amide bonds. The molecule has 0 aliphatic heterocycles. The maximum atomic E-state index is 10.7. The van der Waals surface area contributed by atoms with Gasteiger partial charge >= 0.3 is 0 Å². The molecule has 0 aromatic carbocycles. The monoisotopic (exact) mass is 177 g/mol. The molecule has 0 N–H and O–H groups in total. The Labute approximate surface area is 76.7 Å². The molecule has 1 aromatic heterocycles. The highest BCUT2D eigenvalue weighted by Crippen LogP contribution is 2.28. The second-order valence-electron chi connectivity index (χ2n) is 3.24. The molecule has 0 unspecified atom stereocenters. The van der Waals surface area contributed by atoms with E-state index in [9.17, 15) is 4.79 Å². The molecule has 68 valence electrons. The topological polar surface area (TPSA) is 39.2 Å². The number of rotatable bonds is 3. The fourth-order valence-corrected chi connectivity index (χ4v) is 1.17. The minimum atomic E-state index is 0.320. The first kappa shape index (κ1) is 8.23. The van der Waals surface area contributed by atoms with Crippen LogP contribution in [-0.4, -0.2) is 17.4 Å². The lowest BCUT2D eigenvalue weighted by Crippen LogP contribution is -2.01. The Balaban J connectivity index is 2.30. The number of hydrogen-bond donors (Lipinski definition) is 0. The predicted molar refractivity (Wildman–Crippen MR) is 48.0 cm³/mol. The zero-order chi connectivity index (χ0) is 9.26. The van der Waals surface area contributed by atoms with Gasteiger partial charge in [-0.2, -0.15) is 0 Å². The molecule has 1 saturated carbocycles. The van der Waals surface area contributed by atoms with Crippen molar-refractivity contribution in [1.29, 1.82) is 0 Å². The van der Waals surface area contributed by atoms with E-state index in [0.29, 0.717) is 17.4 Å². The van der Waals surface area contributed by atoms with E-state index in [1.165, 1.54) is 0 Å². The highest BCUT2D eigenvalue weighted by atomic mass is 16.5. The number of nitrogens with zero attached hydrogens (tertiary/aromatic N) is 1. The van der Waals surface area contributed by atoms with Gasteiger partial charge in [0, 0.05) is 6.20 Å². The highest BCUT2D eigenvalue weighted by Gasteiger charge is 2.24. The average Bonchev–Trinajstić information content (AvgIpc) is 2.89. The van der Waals surface area contributed by atoms with Crippen LogP contribution >= 0.6 is 0 Å². The molecule has 1 fully saturated rings. The van der Waals surface area contributed by atoms with Gasteiger partial charge in [-0.3, -0.25) is 9.78 Å². The molecule has 1 aliphatic rings. The summed E-state index contributed by atoms with van der Waals surface area (Å²) >= 11 is 0. The zero-order valence-corrected chi connectivity index (χ0v) is 7.49. The van der Waals surface area contributed by atoms with Crippen molar-refractivity contribution >= 4 is 6.29 Å². The first-order chi connectivity index (χ1) is 6.31. The van der Waals surface area contributed by atoms with Crippen molar-refractivity contribution in [3.63, 3.8) is 0 Å². The molecular formula is C10H11NO2. The molecule has 3 heteroatoms. The fourth-order valence-electron chi connectivity index (χ4n) is 1.17. The van der Waals surface area contributed by atoms with Gasteiger partial charge in [0.1, 0.15) is 5.75 Å². The van der Waals surface area contributed by atoms with Crippen LogP contribution in [0.15, 0.2) is 12.3 Å². The first-order valence-corrected chi connectivity index (χ1v) is 4.38.